The summed E-state index contributed by atoms with van der Waals surface area (Å²) in [4.78, 5) is 11.9. The third-order valence-corrected chi connectivity index (χ3v) is 4.35. The third kappa shape index (κ3) is 4.61. The molecule has 0 radical (unpaired) electrons. The Hall–Kier alpha value is -2.25. The number of urea groups is 1. The van der Waals surface area contributed by atoms with Crippen LogP contribution in [-0.2, 0) is 6.42 Å². The van der Waals surface area contributed by atoms with Gasteiger partial charge < -0.3 is 5.32 Å². The molecule has 3 aromatic rings. The number of nitrogens with one attached hydrogen (secondary N) is 2. The molecule has 2 amide bonds. The summed E-state index contributed by atoms with van der Waals surface area (Å²) in [6.07, 6.45) is 0.703. The van der Waals surface area contributed by atoms with Crippen LogP contribution in [0.4, 0.5) is 15.6 Å². The van der Waals surface area contributed by atoms with Crippen LogP contribution >= 0.6 is 27.3 Å². The number of rotatable bonds is 4. The molecule has 2 aromatic carbocycles. The molecule has 1 heterocycles. The summed E-state index contributed by atoms with van der Waals surface area (Å²) in [5.41, 5.74) is 1.87. The highest BCUT2D eigenvalue weighted by molar-refractivity contribution is 9.10. The van der Waals surface area contributed by atoms with Gasteiger partial charge in [-0.2, -0.15) is 0 Å². The van der Waals surface area contributed by atoms with Crippen LogP contribution in [0.3, 0.4) is 0 Å². The molecule has 0 aliphatic carbocycles. The summed E-state index contributed by atoms with van der Waals surface area (Å²) in [7, 11) is 0. The van der Waals surface area contributed by atoms with E-state index in [0.29, 0.717) is 17.2 Å². The minimum atomic E-state index is -0.338. The second-order valence-electron chi connectivity index (χ2n) is 4.75. The molecule has 0 aliphatic rings. The van der Waals surface area contributed by atoms with Gasteiger partial charge in [0, 0.05) is 16.6 Å². The third-order valence-electron chi connectivity index (χ3n) is 2.99. The Morgan fingerprint density at radius 1 is 1.00 bits per heavy atom. The number of carbonyl (C=O) groups excluding carboxylic acids is 1. The lowest BCUT2D eigenvalue weighted by atomic mass is 10.2. The van der Waals surface area contributed by atoms with Gasteiger partial charge in [-0.25, -0.2) is 4.79 Å². The van der Waals surface area contributed by atoms with Crippen LogP contribution in [0.2, 0.25) is 0 Å². The van der Waals surface area contributed by atoms with Gasteiger partial charge in [0.1, 0.15) is 5.01 Å². The number of halogens is 1. The average molecular weight is 389 g/mol. The highest BCUT2D eigenvalue weighted by Gasteiger charge is 2.08. The summed E-state index contributed by atoms with van der Waals surface area (Å²) < 4.78 is 0.957. The highest BCUT2D eigenvalue weighted by Crippen LogP contribution is 2.19. The summed E-state index contributed by atoms with van der Waals surface area (Å²) in [6, 6.07) is 17.0. The first-order chi connectivity index (χ1) is 11.2. The standard InChI is InChI=1S/C16H13BrN4OS/c17-12-6-8-13(9-7-12)18-15(22)19-16-21-20-14(23-16)10-11-4-2-1-3-5-11/h1-9H,10H2,(H2,18,19,21,22). The van der Waals surface area contributed by atoms with E-state index in [1.807, 2.05) is 54.6 Å². The molecule has 23 heavy (non-hydrogen) atoms. The van der Waals surface area contributed by atoms with Gasteiger partial charge in [0.15, 0.2) is 0 Å². The lowest BCUT2D eigenvalue weighted by molar-refractivity contribution is 0.262. The Labute approximate surface area is 145 Å². The maximum atomic E-state index is 11.9. The van der Waals surface area contributed by atoms with Crippen molar-refractivity contribution in [3.05, 3.63) is 69.6 Å². The van der Waals surface area contributed by atoms with Gasteiger partial charge in [-0.15, -0.1) is 10.2 Å². The van der Waals surface area contributed by atoms with Gasteiger partial charge in [-0.3, -0.25) is 5.32 Å². The molecule has 0 bridgehead atoms. The molecule has 0 atom stereocenters. The molecule has 0 aliphatic heterocycles. The lowest BCUT2D eigenvalue weighted by Crippen LogP contribution is -2.19. The largest absolute Gasteiger partial charge is 0.325 e. The number of hydrogen-bond acceptors (Lipinski definition) is 4. The van der Waals surface area contributed by atoms with E-state index in [4.69, 9.17) is 0 Å². The number of aromatic nitrogens is 2. The fourth-order valence-corrected chi connectivity index (χ4v) is 2.97. The number of amides is 2. The molecule has 0 spiro atoms. The van der Waals surface area contributed by atoms with Crippen molar-refractivity contribution in [1.29, 1.82) is 0 Å². The minimum absolute atomic E-state index is 0.338. The molecule has 2 N–H and O–H groups in total. The summed E-state index contributed by atoms with van der Waals surface area (Å²) in [5, 5.41) is 14.9. The summed E-state index contributed by atoms with van der Waals surface area (Å²) in [6.45, 7) is 0. The van der Waals surface area contributed by atoms with E-state index in [0.717, 1.165) is 15.0 Å². The minimum Gasteiger partial charge on any atom is -0.308 e. The smallest absolute Gasteiger partial charge is 0.308 e. The monoisotopic (exact) mass is 388 g/mol. The van der Waals surface area contributed by atoms with E-state index in [2.05, 4.69) is 36.8 Å². The van der Waals surface area contributed by atoms with Crippen LogP contribution in [0, 0.1) is 0 Å². The number of nitrogens with zero attached hydrogens (tertiary/aromatic N) is 2. The van der Waals surface area contributed by atoms with E-state index in [-0.39, 0.29) is 6.03 Å². The first kappa shape index (κ1) is 15.6. The van der Waals surface area contributed by atoms with E-state index in [1.54, 1.807) is 0 Å². The Balaban J connectivity index is 1.58. The second kappa shape index (κ2) is 7.34. The van der Waals surface area contributed by atoms with Crippen molar-refractivity contribution in [2.75, 3.05) is 10.6 Å². The molecule has 7 heteroatoms. The van der Waals surface area contributed by atoms with Gasteiger partial charge in [-0.05, 0) is 29.8 Å². The van der Waals surface area contributed by atoms with Crippen LogP contribution in [0.1, 0.15) is 10.6 Å². The average Bonchev–Trinajstić information content (AvgIpc) is 2.97. The summed E-state index contributed by atoms with van der Waals surface area (Å²) in [5.74, 6) is 0. The fourth-order valence-electron chi connectivity index (χ4n) is 1.94. The Morgan fingerprint density at radius 2 is 1.74 bits per heavy atom. The predicted octanol–water partition coefficient (Wildman–Crippen LogP) is 4.54. The highest BCUT2D eigenvalue weighted by atomic mass is 79.9. The maximum absolute atomic E-state index is 11.9. The van der Waals surface area contributed by atoms with E-state index < -0.39 is 0 Å². The second-order valence-corrected chi connectivity index (χ2v) is 6.73. The molecular weight excluding hydrogens is 376 g/mol. The topological polar surface area (TPSA) is 66.9 Å². The van der Waals surface area contributed by atoms with Crippen LogP contribution in [0.25, 0.3) is 0 Å². The first-order valence-electron chi connectivity index (χ1n) is 6.89. The Bertz CT molecular complexity index is 789. The van der Waals surface area contributed by atoms with Crippen LogP contribution in [0.5, 0.6) is 0 Å². The number of hydrogen-bond donors (Lipinski definition) is 2. The van der Waals surface area contributed by atoms with E-state index >= 15 is 0 Å². The van der Waals surface area contributed by atoms with Crippen molar-refractivity contribution >= 4 is 44.1 Å². The lowest BCUT2D eigenvalue weighted by Gasteiger charge is -2.04. The molecular formula is C16H13BrN4OS. The Morgan fingerprint density at radius 3 is 2.48 bits per heavy atom. The fraction of sp³-hybridized carbons (Fsp3) is 0.0625. The molecule has 0 saturated heterocycles. The maximum Gasteiger partial charge on any atom is 0.325 e. The van der Waals surface area contributed by atoms with Crippen molar-refractivity contribution < 1.29 is 4.79 Å². The number of carbonyl (C=O) groups is 1. The molecule has 1 aromatic heterocycles. The van der Waals surface area contributed by atoms with Gasteiger partial charge in [0.2, 0.25) is 5.13 Å². The van der Waals surface area contributed by atoms with Gasteiger partial charge in [0.25, 0.3) is 0 Å². The van der Waals surface area contributed by atoms with Gasteiger partial charge >= 0.3 is 6.03 Å². The van der Waals surface area contributed by atoms with Crippen molar-refractivity contribution in [3.63, 3.8) is 0 Å². The zero-order valence-corrected chi connectivity index (χ0v) is 14.4. The molecule has 3 rings (SSSR count). The predicted molar refractivity (Wildman–Crippen MR) is 95.9 cm³/mol. The van der Waals surface area contributed by atoms with Crippen molar-refractivity contribution in [2.24, 2.45) is 0 Å². The molecule has 0 saturated carbocycles. The summed E-state index contributed by atoms with van der Waals surface area (Å²) >= 11 is 4.72. The zero-order valence-electron chi connectivity index (χ0n) is 12.0. The van der Waals surface area contributed by atoms with Crippen molar-refractivity contribution in [3.8, 4) is 0 Å². The SMILES string of the molecule is O=C(Nc1ccc(Br)cc1)Nc1nnc(Cc2ccccc2)s1. The number of benzene rings is 2. The van der Waals surface area contributed by atoms with Crippen LogP contribution in [-0.4, -0.2) is 16.2 Å². The molecule has 5 nitrogen and oxygen atoms in total. The van der Waals surface area contributed by atoms with Crippen molar-refractivity contribution in [1.82, 2.24) is 10.2 Å². The quantitative estimate of drug-likeness (QED) is 0.689. The van der Waals surface area contributed by atoms with Crippen LogP contribution < -0.4 is 10.6 Å². The normalized spacial score (nSPS) is 10.3. The first-order valence-corrected chi connectivity index (χ1v) is 8.50. The molecule has 0 unspecified atom stereocenters. The zero-order chi connectivity index (χ0) is 16.1. The number of anilines is 2. The van der Waals surface area contributed by atoms with Crippen molar-refractivity contribution in [2.45, 2.75) is 6.42 Å². The van der Waals surface area contributed by atoms with Gasteiger partial charge in [-0.1, -0.05) is 57.6 Å². The van der Waals surface area contributed by atoms with E-state index in [9.17, 15) is 4.79 Å². The molecule has 116 valence electrons. The molecule has 0 fully saturated rings. The van der Waals surface area contributed by atoms with E-state index in [1.165, 1.54) is 11.3 Å². The Kier molecular flexibility index (Phi) is 4.99. The van der Waals surface area contributed by atoms with Gasteiger partial charge in [0.05, 0.1) is 0 Å². The van der Waals surface area contributed by atoms with Crippen LogP contribution in [0.15, 0.2) is 59.1 Å².